The van der Waals surface area contributed by atoms with Gasteiger partial charge in [-0.05, 0) is 43.7 Å². The van der Waals surface area contributed by atoms with E-state index in [0.29, 0.717) is 17.1 Å². The summed E-state index contributed by atoms with van der Waals surface area (Å²) in [7, 11) is 1.68. The molecule has 0 fully saturated rings. The summed E-state index contributed by atoms with van der Waals surface area (Å²) in [6.07, 6.45) is 0.946. The molecule has 0 amide bonds. The average Bonchev–Trinajstić information content (AvgIpc) is 2.72. The van der Waals surface area contributed by atoms with Crippen LogP contribution >= 0.6 is 0 Å². The molecular weight excluding hydrogens is 341 g/mol. The quantitative estimate of drug-likeness (QED) is 0.427. The summed E-state index contributed by atoms with van der Waals surface area (Å²) >= 11 is 0. The van der Waals surface area contributed by atoms with Crippen molar-refractivity contribution in [1.82, 2.24) is 10.6 Å². The van der Waals surface area contributed by atoms with Gasteiger partial charge in [-0.15, -0.1) is 0 Å². The van der Waals surface area contributed by atoms with E-state index >= 15 is 0 Å². The second-order valence-corrected chi connectivity index (χ2v) is 6.04. The van der Waals surface area contributed by atoms with Gasteiger partial charge >= 0.3 is 0 Å². The van der Waals surface area contributed by atoms with Crippen molar-refractivity contribution in [3.8, 4) is 6.07 Å². The highest BCUT2D eigenvalue weighted by Crippen LogP contribution is 2.13. The molecule has 0 aliphatic carbocycles. The van der Waals surface area contributed by atoms with Crippen molar-refractivity contribution in [3.63, 3.8) is 0 Å². The van der Waals surface area contributed by atoms with Gasteiger partial charge in [0.05, 0.1) is 11.6 Å². The number of nitrogens with one attached hydrogen (secondary N) is 2. The van der Waals surface area contributed by atoms with E-state index in [9.17, 15) is 4.39 Å². The van der Waals surface area contributed by atoms with Crippen molar-refractivity contribution >= 4 is 11.6 Å². The van der Waals surface area contributed by atoms with E-state index in [-0.39, 0.29) is 12.4 Å². The summed E-state index contributed by atoms with van der Waals surface area (Å²) in [5.74, 6) is 0.276. The lowest BCUT2D eigenvalue weighted by molar-refractivity contribution is 0.604. The first-order chi connectivity index (χ1) is 13.2. The number of hydrogen-bond donors (Lipinski definition) is 2. The maximum absolute atomic E-state index is 13.8. The van der Waals surface area contributed by atoms with Gasteiger partial charge in [0.15, 0.2) is 5.96 Å². The molecule has 2 rings (SSSR count). The van der Waals surface area contributed by atoms with Gasteiger partial charge in [0.2, 0.25) is 0 Å². The lowest BCUT2D eigenvalue weighted by atomic mass is 10.1. The van der Waals surface area contributed by atoms with Crippen LogP contribution in [0.1, 0.15) is 24.5 Å². The molecule has 142 valence electrons. The van der Waals surface area contributed by atoms with Crippen LogP contribution in [0.5, 0.6) is 0 Å². The Hall–Kier alpha value is -3.07. The molecule has 27 heavy (non-hydrogen) atoms. The molecule has 2 N–H and O–H groups in total. The van der Waals surface area contributed by atoms with E-state index in [1.54, 1.807) is 13.1 Å². The van der Waals surface area contributed by atoms with Gasteiger partial charge in [-0.2, -0.15) is 5.26 Å². The Kier molecular flexibility index (Phi) is 8.11. The van der Waals surface area contributed by atoms with E-state index in [1.165, 1.54) is 17.8 Å². The van der Waals surface area contributed by atoms with Gasteiger partial charge in [0.1, 0.15) is 5.82 Å². The third kappa shape index (κ3) is 6.30. The number of halogens is 1. The Bertz CT molecular complexity index is 783. The maximum atomic E-state index is 13.8. The molecule has 5 nitrogen and oxygen atoms in total. The van der Waals surface area contributed by atoms with Crippen LogP contribution in [0.4, 0.5) is 10.1 Å². The normalized spacial score (nSPS) is 11.0. The highest BCUT2D eigenvalue weighted by molar-refractivity contribution is 5.79. The lowest BCUT2D eigenvalue weighted by Crippen LogP contribution is -2.38. The second kappa shape index (κ2) is 10.8. The summed E-state index contributed by atoms with van der Waals surface area (Å²) in [6, 6.07) is 16.7. The van der Waals surface area contributed by atoms with Crippen molar-refractivity contribution in [1.29, 1.82) is 5.26 Å². The lowest BCUT2D eigenvalue weighted by Gasteiger charge is -2.23. The molecule has 0 unspecified atom stereocenters. The van der Waals surface area contributed by atoms with Gasteiger partial charge in [0, 0.05) is 44.5 Å². The first kappa shape index (κ1) is 20.2. The Morgan fingerprint density at radius 2 is 1.96 bits per heavy atom. The van der Waals surface area contributed by atoms with Crippen LogP contribution in [0, 0.1) is 17.1 Å². The van der Waals surface area contributed by atoms with Crippen LogP contribution in [-0.4, -0.2) is 32.6 Å². The maximum Gasteiger partial charge on any atom is 0.191 e. The number of rotatable bonds is 8. The minimum absolute atomic E-state index is 0.270. The molecule has 2 aromatic rings. The minimum atomic E-state index is -0.335. The summed E-state index contributed by atoms with van der Waals surface area (Å²) in [4.78, 5) is 6.48. The number of aliphatic imine (C=N–C) groups is 1. The first-order valence-corrected chi connectivity index (χ1v) is 9.11. The average molecular weight is 367 g/mol. The highest BCUT2D eigenvalue weighted by Gasteiger charge is 2.06. The van der Waals surface area contributed by atoms with E-state index in [0.717, 1.165) is 26.1 Å². The highest BCUT2D eigenvalue weighted by atomic mass is 19.1. The molecule has 0 aliphatic rings. The monoisotopic (exact) mass is 367 g/mol. The number of nitriles is 1. The minimum Gasteiger partial charge on any atom is -0.372 e. The fraction of sp³-hybridized carbons (Fsp3) is 0.333. The summed E-state index contributed by atoms with van der Waals surface area (Å²) < 4.78 is 13.8. The fourth-order valence-electron chi connectivity index (χ4n) is 2.76. The molecule has 0 atom stereocenters. The van der Waals surface area contributed by atoms with Crippen molar-refractivity contribution in [2.75, 3.05) is 31.6 Å². The zero-order chi connectivity index (χ0) is 19.5. The van der Waals surface area contributed by atoms with Crippen molar-refractivity contribution < 1.29 is 4.39 Å². The number of hydrogen-bond acceptors (Lipinski definition) is 3. The number of anilines is 1. The predicted octanol–water partition coefficient (Wildman–Crippen LogP) is 3.28. The second-order valence-electron chi connectivity index (χ2n) is 6.04. The molecule has 0 aromatic heterocycles. The SMILES string of the molecule is CCN(CCCNC(=NC)NCc1cc(C#N)ccc1F)c1ccccc1. The molecule has 0 heterocycles. The summed E-state index contributed by atoms with van der Waals surface area (Å²) in [5.41, 5.74) is 2.10. The van der Waals surface area contributed by atoms with Crippen molar-refractivity contribution in [3.05, 3.63) is 65.5 Å². The van der Waals surface area contributed by atoms with Crippen molar-refractivity contribution in [2.24, 2.45) is 4.99 Å². The number of nitrogens with zero attached hydrogens (tertiary/aromatic N) is 3. The summed E-state index contributed by atoms with van der Waals surface area (Å²) in [5, 5.41) is 15.3. The number of benzene rings is 2. The van der Waals surface area contributed by atoms with Gasteiger partial charge in [-0.25, -0.2) is 4.39 Å². The molecule has 6 heteroatoms. The predicted molar refractivity (Wildman–Crippen MR) is 108 cm³/mol. The van der Waals surface area contributed by atoms with Crippen molar-refractivity contribution in [2.45, 2.75) is 19.9 Å². The standard InChI is InChI=1S/C21H26FN5/c1-3-27(19-8-5-4-6-9-19)13-7-12-25-21(24-2)26-16-18-14-17(15-23)10-11-20(18)22/h4-6,8-11,14H,3,7,12-13,16H2,1-2H3,(H2,24,25,26). The third-order valence-electron chi connectivity index (χ3n) is 4.25. The molecule has 0 bridgehead atoms. The van der Waals surface area contributed by atoms with Crippen LogP contribution < -0.4 is 15.5 Å². The summed E-state index contributed by atoms with van der Waals surface area (Å²) in [6.45, 7) is 5.05. The van der Waals surface area contributed by atoms with E-state index in [1.807, 2.05) is 24.3 Å². The molecule has 2 aromatic carbocycles. The topological polar surface area (TPSA) is 63.4 Å². The van der Waals surface area contributed by atoms with Gasteiger partial charge < -0.3 is 15.5 Å². The molecule has 0 saturated carbocycles. The Labute approximate surface area is 160 Å². The van der Waals surface area contributed by atoms with Crippen LogP contribution in [0.15, 0.2) is 53.5 Å². The van der Waals surface area contributed by atoms with Crippen LogP contribution in [0.3, 0.4) is 0 Å². The van der Waals surface area contributed by atoms with Gasteiger partial charge in [-0.1, -0.05) is 18.2 Å². The Balaban J connectivity index is 1.78. The van der Waals surface area contributed by atoms with Gasteiger partial charge in [0.25, 0.3) is 0 Å². The zero-order valence-corrected chi connectivity index (χ0v) is 15.9. The number of guanidine groups is 1. The fourth-order valence-corrected chi connectivity index (χ4v) is 2.76. The van der Waals surface area contributed by atoms with Crippen LogP contribution in [0.25, 0.3) is 0 Å². The molecule has 0 saturated heterocycles. The Morgan fingerprint density at radius 1 is 1.19 bits per heavy atom. The number of para-hydroxylation sites is 1. The smallest absolute Gasteiger partial charge is 0.191 e. The zero-order valence-electron chi connectivity index (χ0n) is 15.9. The van der Waals surface area contributed by atoms with Crippen LogP contribution in [0.2, 0.25) is 0 Å². The van der Waals surface area contributed by atoms with Crippen LogP contribution in [-0.2, 0) is 6.54 Å². The first-order valence-electron chi connectivity index (χ1n) is 9.11. The molecule has 0 radical (unpaired) electrons. The molecule has 0 spiro atoms. The molecular formula is C21H26FN5. The largest absolute Gasteiger partial charge is 0.372 e. The van der Waals surface area contributed by atoms with Gasteiger partial charge in [-0.3, -0.25) is 4.99 Å². The molecule has 0 aliphatic heterocycles. The van der Waals surface area contributed by atoms with E-state index in [4.69, 9.17) is 5.26 Å². The van der Waals surface area contributed by atoms with E-state index in [2.05, 4.69) is 39.6 Å². The van der Waals surface area contributed by atoms with E-state index < -0.39 is 0 Å². The third-order valence-corrected chi connectivity index (χ3v) is 4.25. The Morgan fingerprint density at radius 3 is 2.63 bits per heavy atom.